The number of benzene rings is 4. The number of carbonyl (C=O) groups excluding carboxylic acids is 1. The fraction of sp³-hybridized carbons (Fsp3) is 0.242. The van der Waals surface area contributed by atoms with Crippen LogP contribution in [0.5, 0.6) is 17.2 Å². The van der Waals surface area contributed by atoms with Crippen LogP contribution in [0.3, 0.4) is 0 Å². The SMILES string of the molecule is C[Si](C)C1(OC(=O)Oc2cccc3c2C(c2ccc(O)cc2)(c2ccc(O)cc2)c2ccccc2-3)CCCCO1. The number of rotatable bonds is 5. The van der Waals surface area contributed by atoms with E-state index in [9.17, 15) is 15.0 Å². The average Bonchev–Trinajstić information content (AvgIpc) is 3.26. The summed E-state index contributed by atoms with van der Waals surface area (Å²) in [6.45, 7) is 4.73. The molecule has 0 spiro atoms. The van der Waals surface area contributed by atoms with Crippen molar-refractivity contribution in [2.45, 2.75) is 43.2 Å². The van der Waals surface area contributed by atoms with Crippen LogP contribution in [0.15, 0.2) is 91.0 Å². The van der Waals surface area contributed by atoms with Gasteiger partial charge in [0.25, 0.3) is 0 Å². The molecule has 6 rings (SSSR count). The topological polar surface area (TPSA) is 85.2 Å². The normalized spacial score (nSPS) is 19.1. The van der Waals surface area contributed by atoms with E-state index < -0.39 is 25.8 Å². The first kappa shape index (κ1) is 26.2. The Bertz CT molecular complexity index is 1490. The smallest absolute Gasteiger partial charge is 0.508 e. The Kier molecular flexibility index (Phi) is 6.64. The zero-order chi connectivity index (χ0) is 27.9. The molecule has 1 unspecified atom stereocenters. The van der Waals surface area contributed by atoms with Gasteiger partial charge in [-0.25, -0.2) is 4.79 Å². The van der Waals surface area contributed by atoms with Gasteiger partial charge in [-0.15, -0.1) is 0 Å². The number of hydrogen-bond acceptors (Lipinski definition) is 6. The molecule has 1 radical (unpaired) electrons. The van der Waals surface area contributed by atoms with Crippen LogP contribution >= 0.6 is 0 Å². The molecule has 7 heteroatoms. The second-order valence-corrected chi connectivity index (χ2v) is 13.3. The summed E-state index contributed by atoms with van der Waals surface area (Å²) in [4.78, 5) is 13.5. The molecule has 1 aliphatic heterocycles. The van der Waals surface area contributed by atoms with E-state index in [4.69, 9.17) is 14.2 Å². The van der Waals surface area contributed by atoms with Crippen LogP contribution in [-0.4, -0.2) is 37.2 Å². The van der Waals surface area contributed by atoms with Gasteiger partial charge in [0.05, 0.1) is 12.0 Å². The highest BCUT2D eigenvalue weighted by atomic mass is 28.3. The molecule has 1 atom stereocenters. The van der Waals surface area contributed by atoms with Crippen molar-refractivity contribution in [1.82, 2.24) is 0 Å². The van der Waals surface area contributed by atoms with E-state index >= 15 is 0 Å². The molecule has 2 N–H and O–H groups in total. The largest absolute Gasteiger partial charge is 0.516 e. The second kappa shape index (κ2) is 10.2. The lowest BCUT2D eigenvalue weighted by atomic mass is 9.67. The van der Waals surface area contributed by atoms with Gasteiger partial charge in [0.15, 0.2) is 5.41 Å². The average molecular weight is 552 g/mol. The van der Waals surface area contributed by atoms with E-state index in [2.05, 4.69) is 25.2 Å². The minimum absolute atomic E-state index is 0.152. The summed E-state index contributed by atoms with van der Waals surface area (Å²) in [7, 11) is -1.14. The molecule has 4 aromatic carbocycles. The number of ether oxygens (including phenoxy) is 3. The van der Waals surface area contributed by atoms with Crippen molar-refractivity contribution in [3.05, 3.63) is 113 Å². The van der Waals surface area contributed by atoms with Crippen molar-refractivity contribution in [3.8, 4) is 28.4 Å². The van der Waals surface area contributed by atoms with Gasteiger partial charge >= 0.3 is 6.16 Å². The van der Waals surface area contributed by atoms with E-state index in [1.807, 2.05) is 48.5 Å². The number of aromatic hydroxyl groups is 2. The van der Waals surface area contributed by atoms with E-state index in [0.717, 1.165) is 46.2 Å². The minimum Gasteiger partial charge on any atom is -0.508 e. The summed E-state index contributed by atoms with van der Waals surface area (Å²) < 4.78 is 18.1. The molecule has 0 aromatic heterocycles. The van der Waals surface area contributed by atoms with Crippen LogP contribution in [0, 0.1) is 0 Å². The van der Waals surface area contributed by atoms with Crippen LogP contribution < -0.4 is 4.74 Å². The zero-order valence-electron chi connectivity index (χ0n) is 22.5. The van der Waals surface area contributed by atoms with Gasteiger partial charge in [-0.3, -0.25) is 0 Å². The van der Waals surface area contributed by atoms with Crippen molar-refractivity contribution in [1.29, 1.82) is 0 Å². The van der Waals surface area contributed by atoms with Crippen LogP contribution in [0.4, 0.5) is 4.79 Å². The number of phenols is 2. The van der Waals surface area contributed by atoms with Crippen molar-refractivity contribution in [2.24, 2.45) is 0 Å². The van der Waals surface area contributed by atoms with Crippen molar-refractivity contribution < 1.29 is 29.2 Å². The molecular formula is C33H31O6Si. The molecule has 0 amide bonds. The lowest BCUT2D eigenvalue weighted by molar-refractivity contribution is -0.175. The zero-order valence-corrected chi connectivity index (χ0v) is 23.5. The van der Waals surface area contributed by atoms with Crippen LogP contribution in [-0.2, 0) is 14.9 Å². The molecule has 203 valence electrons. The number of hydrogen-bond donors (Lipinski definition) is 2. The standard InChI is InChI=1S/C33H31O6Si/c1-40(2)32(20-5-6-21-37-32)39-31(36)38-29-11-7-9-27-26-8-3-4-10-28(26)33(30(27)29,22-12-16-24(34)17-13-22)23-14-18-25(35)19-15-23/h3-4,7-19,34-35H,5-6,20-21H2,1-2H3. The van der Waals surface area contributed by atoms with Gasteiger partial charge in [-0.05, 0) is 71.0 Å². The van der Waals surface area contributed by atoms with Crippen LogP contribution in [0.2, 0.25) is 13.1 Å². The summed E-state index contributed by atoms with van der Waals surface area (Å²) in [5.74, 6) is 0.685. The van der Waals surface area contributed by atoms with Gasteiger partial charge in [-0.2, -0.15) is 0 Å². The summed E-state index contributed by atoms with van der Waals surface area (Å²) in [6.07, 6.45) is 1.75. The van der Waals surface area contributed by atoms with Crippen LogP contribution in [0.1, 0.15) is 41.5 Å². The lowest BCUT2D eigenvalue weighted by Gasteiger charge is -2.39. The van der Waals surface area contributed by atoms with Gasteiger partial charge in [0.2, 0.25) is 0 Å². The Morgan fingerprint density at radius 1 is 0.800 bits per heavy atom. The predicted molar refractivity (Wildman–Crippen MR) is 154 cm³/mol. The van der Waals surface area contributed by atoms with Gasteiger partial charge in [0, 0.05) is 12.0 Å². The predicted octanol–water partition coefficient (Wildman–Crippen LogP) is 7.17. The molecule has 4 aromatic rings. The highest BCUT2D eigenvalue weighted by molar-refractivity contribution is 6.58. The Balaban J connectivity index is 1.54. The second-order valence-electron chi connectivity index (χ2n) is 10.6. The van der Waals surface area contributed by atoms with Gasteiger partial charge < -0.3 is 24.4 Å². The Morgan fingerprint density at radius 2 is 1.43 bits per heavy atom. The van der Waals surface area contributed by atoms with Gasteiger partial charge in [0.1, 0.15) is 26.0 Å². The van der Waals surface area contributed by atoms with E-state index in [-0.39, 0.29) is 11.5 Å². The first-order chi connectivity index (χ1) is 19.3. The quantitative estimate of drug-likeness (QED) is 0.137. The van der Waals surface area contributed by atoms with E-state index in [1.165, 1.54) is 0 Å². The maximum atomic E-state index is 13.5. The third-order valence-electron chi connectivity index (χ3n) is 8.06. The highest BCUT2D eigenvalue weighted by Crippen LogP contribution is 2.59. The Labute approximate surface area is 235 Å². The summed E-state index contributed by atoms with van der Waals surface area (Å²) in [5.41, 5.74) is 3.68. The maximum Gasteiger partial charge on any atom is 0.516 e. The summed E-state index contributed by atoms with van der Waals surface area (Å²) >= 11 is 0. The molecule has 0 saturated carbocycles. The molecule has 0 bridgehead atoms. The third kappa shape index (κ3) is 4.17. The Hall–Kier alpha value is -4.07. The molecule has 1 aliphatic carbocycles. The number of fused-ring (bicyclic) bond motifs is 3. The van der Waals surface area contributed by atoms with Crippen molar-refractivity contribution in [3.63, 3.8) is 0 Å². The summed E-state index contributed by atoms with van der Waals surface area (Å²) in [5, 5.41) is 20.3. The number of phenolic OH excluding ortho intramolecular Hbond substituents is 2. The van der Waals surface area contributed by atoms with Crippen molar-refractivity contribution in [2.75, 3.05) is 6.61 Å². The monoisotopic (exact) mass is 551 g/mol. The maximum absolute atomic E-state index is 13.5. The molecule has 40 heavy (non-hydrogen) atoms. The molecule has 1 fully saturated rings. The fourth-order valence-corrected chi connectivity index (χ4v) is 7.54. The molecule has 1 heterocycles. The van der Waals surface area contributed by atoms with Crippen LogP contribution in [0.25, 0.3) is 11.1 Å². The summed E-state index contributed by atoms with van der Waals surface area (Å²) in [6, 6.07) is 28.0. The third-order valence-corrected chi connectivity index (χ3v) is 10.1. The molecular weight excluding hydrogens is 520 g/mol. The first-order valence-corrected chi connectivity index (χ1v) is 16.0. The van der Waals surface area contributed by atoms with E-state index in [1.54, 1.807) is 30.3 Å². The molecule has 1 saturated heterocycles. The van der Waals surface area contributed by atoms with E-state index in [0.29, 0.717) is 18.8 Å². The lowest BCUT2D eigenvalue weighted by Crippen LogP contribution is -2.51. The fourth-order valence-electron chi connectivity index (χ4n) is 6.19. The highest BCUT2D eigenvalue weighted by Gasteiger charge is 2.49. The molecule has 6 nitrogen and oxygen atoms in total. The first-order valence-electron chi connectivity index (χ1n) is 13.5. The van der Waals surface area contributed by atoms with Crippen molar-refractivity contribution >= 4 is 15.0 Å². The minimum atomic E-state index is -1.14. The molecule has 2 aliphatic rings. The number of carbonyl (C=O) groups is 1. The van der Waals surface area contributed by atoms with Gasteiger partial charge in [-0.1, -0.05) is 73.8 Å². The Morgan fingerprint density at radius 3 is 2.02 bits per heavy atom.